The van der Waals surface area contributed by atoms with Crippen molar-refractivity contribution in [1.29, 1.82) is 0 Å². The van der Waals surface area contributed by atoms with E-state index in [-0.39, 0.29) is 30.5 Å². The van der Waals surface area contributed by atoms with Crippen LogP contribution in [0.2, 0.25) is 0 Å². The van der Waals surface area contributed by atoms with Crippen LogP contribution in [0.1, 0.15) is 18.9 Å². The number of rotatable bonds is 6. The van der Waals surface area contributed by atoms with Gasteiger partial charge in [-0.3, -0.25) is 9.59 Å². The number of nitrogens with zero attached hydrogens (tertiary/aromatic N) is 1. The van der Waals surface area contributed by atoms with Crippen LogP contribution >= 0.6 is 0 Å². The van der Waals surface area contributed by atoms with Crippen molar-refractivity contribution < 1.29 is 14.0 Å². The van der Waals surface area contributed by atoms with Crippen LogP contribution in [0.25, 0.3) is 10.8 Å². The second-order valence-electron chi connectivity index (χ2n) is 6.43. The van der Waals surface area contributed by atoms with Crippen molar-refractivity contribution in [2.24, 2.45) is 5.10 Å². The van der Waals surface area contributed by atoms with Crippen molar-refractivity contribution in [2.75, 3.05) is 5.32 Å². The minimum Gasteiger partial charge on any atom is -0.326 e. The van der Waals surface area contributed by atoms with Gasteiger partial charge in [0.1, 0.15) is 5.82 Å². The molecule has 0 unspecified atom stereocenters. The van der Waals surface area contributed by atoms with E-state index in [1.807, 2.05) is 42.5 Å². The maximum absolute atomic E-state index is 12.9. The van der Waals surface area contributed by atoms with Crippen LogP contribution in [0.3, 0.4) is 0 Å². The molecule has 6 heteroatoms. The van der Waals surface area contributed by atoms with Crippen molar-refractivity contribution in [2.45, 2.75) is 19.8 Å². The van der Waals surface area contributed by atoms with Gasteiger partial charge in [-0.25, -0.2) is 9.82 Å². The largest absolute Gasteiger partial charge is 0.326 e. The van der Waals surface area contributed by atoms with E-state index < -0.39 is 0 Å². The molecule has 0 aliphatic carbocycles. The van der Waals surface area contributed by atoms with E-state index >= 15 is 0 Å². The van der Waals surface area contributed by atoms with E-state index in [2.05, 4.69) is 15.8 Å². The summed E-state index contributed by atoms with van der Waals surface area (Å²) in [7, 11) is 0. The molecule has 0 saturated carbocycles. The third-order valence-corrected chi connectivity index (χ3v) is 4.15. The summed E-state index contributed by atoms with van der Waals surface area (Å²) in [6, 6.07) is 19.2. The first-order chi connectivity index (χ1) is 13.5. The van der Waals surface area contributed by atoms with E-state index in [9.17, 15) is 14.0 Å². The third-order valence-electron chi connectivity index (χ3n) is 4.15. The molecule has 3 aromatic carbocycles. The molecule has 0 saturated heterocycles. The van der Waals surface area contributed by atoms with E-state index in [0.717, 1.165) is 16.3 Å². The highest BCUT2D eigenvalue weighted by Gasteiger charge is 2.08. The predicted molar refractivity (Wildman–Crippen MR) is 109 cm³/mol. The Morgan fingerprint density at radius 3 is 2.43 bits per heavy atom. The summed E-state index contributed by atoms with van der Waals surface area (Å²) in [5.41, 5.74) is 4.37. The molecule has 142 valence electrons. The maximum Gasteiger partial charge on any atom is 0.244 e. The van der Waals surface area contributed by atoms with E-state index in [1.165, 1.54) is 24.3 Å². The number of halogens is 1. The lowest BCUT2D eigenvalue weighted by Crippen LogP contribution is -2.23. The van der Waals surface area contributed by atoms with Gasteiger partial charge in [0, 0.05) is 11.4 Å². The van der Waals surface area contributed by atoms with Gasteiger partial charge >= 0.3 is 0 Å². The highest BCUT2D eigenvalue weighted by molar-refractivity contribution is 6.05. The van der Waals surface area contributed by atoms with E-state index in [4.69, 9.17) is 0 Å². The zero-order valence-corrected chi connectivity index (χ0v) is 15.4. The first-order valence-corrected chi connectivity index (χ1v) is 8.85. The van der Waals surface area contributed by atoms with E-state index in [1.54, 1.807) is 6.92 Å². The van der Waals surface area contributed by atoms with Gasteiger partial charge in [0.2, 0.25) is 11.8 Å². The van der Waals surface area contributed by atoms with Gasteiger partial charge in [-0.1, -0.05) is 42.5 Å². The topological polar surface area (TPSA) is 70.6 Å². The number of anilines is 1. The molecular weight excluding hydrogens is 357 g/mol. The van der Waals surface area contributed by atoms with Gasteiger partial charge in [-0.15, -0.1) is 0 Å². The Kier molecular flexibility index (Phi) is 6.11. The quantitative estimate of drug-likeness (QED) is 0.503. The standard InChI is InChI=1S/C22H20FN3O2/c1-15(13-21(27)24-19-11-9-18(23)10-12-19)25-26-22(28)14-17-7-4-6-16-5-2-3-8-20(16)17/h2-12H,13-14H2,1H3,(H,24,27)(H,26,28)/b25-15-. The van der Waals surface area contributed by atoms with Gasteiger partial charge < -0.3 is 5.32 Å². The van der Waals surface area contributed by atoms with Crippen molar-refractivity contribution >= 4 is 34.0 Å². The number of carbonyl (C=O) groups excluding carboxylic acids is 2. The molecule has 0 spiro atoms. The average Bonchev–Trinajstić information content (AvgIpc) is 2.68. The van der Waals surface area contributed by atoms with Crippen molar-refractivity contribution in [3.8, 4) is 0 Å². The number of amides is 2. The molecule has 2 amide bonds. The molecule has 3 rings (SSSR count). The second kappa shape index (κ2) is 8.90. The second-order valence-corrected chi connectivity index (χ2v) is 6.43. The maximum atomic E-state index is 12.9. The Bertz CT molecular complexity index is 1020. The third kappa shape index (κ3) is 5.23. The summed E-state index contributed by atoms with van der Waals surface area (Å²) in [5, 5.41) is 8.74. The van der Waals surface area contributed by atoms with Crippen molar-refractivity contribution in [3.63, 3.8) is 0 Å². The van der Waals surface area contributed by atoms with Crippen LogP contribution in [0.5, 0.6) is 0 Å². The summed E-state index contributed by atoms with van der Waals surface area (Å²) in [6.07, 6.45) is 0.214. The summed E-state index contributed by atoms with van der Waals surface area (Å²) >= 11 is 0. The summed E-state index contributed by atoms with van der Waals surface area (Å²) in [4.78, 5) is 24.2. The average molecular weight is 377 g/mol. The molecule has 2 N–H and O–H groups in total. The zero-order chi connectivity index (χ0) is 19.9. The Labute approximate surface area is 162 Å². The lowest BCUT2D eigenvalue weighted by molar-refractivity contribution is -0.120. The first kappa shape index (κ1) is 19.2. The van der Waals surface area contributed by atoms with Crippen molar-refractivity contribution in [1.82, 2.24) is 5.43 Å². The van der Waals surface area contributed by atoms with Gasteiger partial charge in [-0.2, -0.15) is 5.10 Å². The Hall–Kier alpha value is -3.54. The van der Waals surface area contributed by atoms with Gasteiger partial charge in [0.25, 0.3) is 0 Å². The van der Waals surface area contributed by atoms with Gasteiger partial charge in [0.15, 0.2) is 0 Å². The molecule has 28 heavy (non-hydrogen) atoms. The fraction of sp³-hybridized carbons (Fsp3) is 0.136. The fourth-order valence-corrected chi connectivity index (χ4v) is 2.83. The molecule has 3 aromatic rings. The lowest BCUT2D eigenvalue weighted by atomic mass is 10.0. The number of fused-ring (bicyclic) bond motifs is 1. The number of hydrazone groups is 1. The molecule has 0 radical (unpaired) electrons. The minimum atomic E-state index is -0.371. The van der Waals surface area contributed by atoms with Crippen LogP contribution < -0.4 is 10.7 Å². The van der Waals surface area contributed by atoms with Crippen molar-refractivity contribution in [3.05, 3.63) is 78.1 Å². The predicted octanol–water partition coefficient (Wildman–Crippen LogP) is 4.04. The zero-order valence-electron chi connectivity index (χ0n) is 15.4. The molecule has 0 heterocycles. The van der Waals surface area contributed by atoms with Crippen LogP contribution in [-0.4, -0.2) is 17.5 Å². The molecular formula is C22H20FN3O2. The molecule has 5 nitrogen and oxygen atoms in total. The molecule has 0 atom stereocenters. The molecule has 0 bridgehead atoms. The van der Waals surface area contributed by atoms with Crippen LogP contribution in [0, 0.1) is 5.82 Å². The fourth-order valence-electron chi connectivity index (χ4n) is 2.83. The lowest BCUT2D eigenvalue weighted by Gasteiger charge is -2.07. The van der Waals surface area contributed by atoms with Gasteiger partial charge in [0.05, 0.1) is 12.8 Å². The Morgan fingerprint density at radius 1 is 0.929 bits per heavy atom. The normalized spacial score (nSPS) is 11.3. The Morgan fingerprint density at radius 2 is 1.64 bits per heavy atom. The molecule has 0 aromatic heterocycles. The highest BCUT2D eigenvalue weighted by atomic mass is 19.1. The molecule has 0 fully saturated rings. The number of carbonyl (C=O) groups is 2. The SMILES string of the molecule is C/C(CC(=O)Nc1ccc(F)cc1)=N/NC(=O)Cc1cccc2ccccc12. The number of hydrogen-bond acceptors (Lipinski definition) is 3. The van der Waals surface area contributed by atoms with Crippen LogP contribution in [-0.2, 0) is 16.0 Å². The molecule has 0 aliphatic heterocycles. The summed E-state index contributed by atoms with van der Waals surface area (Å²) in [6.45, 7) is 1.66. The van der Waals surface area contributed by atoms with E-state index in [0.29, 0.717) is 11.4 Å². The monoisotopic (exact) mass is 377 g/mol. The van der Waals surface area contributed by atoms with Crippen LogP contribution in [0.15, 0.2) is 71.8 Å². The van der Waals surface area contributed by atoms with Gasteiger partial charge in [-0.05, 0) is 47.5 Å². The summed E-state index contributed by atoms with van der Waals surface area (Å²) < 4.78 is 12.9. The molecule has 0 aliphatic rings. The highest BCUT2D eigenvalue weighted by Crippen LogP contribution is 2.18. The van der Waals surface area contributed by atoms with Crippen LogP contribution in [0.4, 0.5) is 10.1 Å². The smallest absolute Gasteiger partial charge is 0.244 e. The summed E-state index contributed by atoms with van der Waals surface area (Å²) in [5.74, 6) is -0.921. The number of hydrogen-bond donors (Lipinski definition) is 2. The first-order valence-electron chi connectivity index (χ1n) is 8.85. The minimum absolute atomic E-state index is 0.0198. The number of nitrogens with one attached hydrogen (secondary N) is 2. The number of benzene rings is 3. The Balaban J connectivity index is 1.54.